The lowest BCUT2D eigenvalue weighted by molar-refractivity contribution is 0.0940. The maximum atomic E-state index is 12.7. The van der Waals surface area contributed by atoms with Crippen LogP contribution < -0.4 is 9.62 Å². The minimum absolute atomic E-state index is 0.213. The van der Waals surface area contributed by atoms with Gasteiger partial charge in [0.2, 0.25) is 10.0 Å². The first kappa shape index (κ1) is 20.3. The summed E-state index contributed by atoms with van der Waals surface area (Å²) in [6.07, 6.45) is 1.10. The van der Waals surface area contributed by atoms with E-state index >= 15 is 0 Å². The lowest BCUT2D eigenvalue weighted by atomic mass is 9.99. The van der Waals surface area contributed by atoms with Gasteiger partial charge in [0.15, 0.2) is 0 Å². The molecule has 0 aromatic heterocycles. The molecule has 1 N–H and O–H groups in total. The molecule has 7 heteroatoms. The monoisotopic (exact) mass is 394 g/mol. The fourth-order valence-electron chi connectivity index (χ4n) is 2.65. The van der Waals surface area contributed by atoms with Crippen LogP contribution in [0.4, 0.5) is 5.69 Å². The van der Waals surface area contributed by atoms with Crippen LogP contribution in [0.15, 0.2) is 36.4 Å². The Labute approximate surface area is 160 Å². The molecule has 2 aromatic rings. The van der Waals surface area contributed by atoms with Gasteiger partial charge < -0.3 is 5.32 Å². The molecule has 0 aliphatic rings. The molecule has 26 heavy (non-hydrogen) atoms. The maximum Gasteiger partial charge on any atom is 0.253 e. The second-order valence-corrected chi connectivity index (χ2v) is 8.87. The van der Waals surface area contributed by atoms with E-state index in [9.17, 15) is 13.2 Å². The number of nitrogens with one attached hydrogen (secondary N) is 1. The van der Waals surface area contributed by atoms with Crippen LogP contribution in [0, 0.1) is 13.8 Å². The van der Waals surface area contributed by atoms with Gasteiger partial charge in [0.25, 0.3) is 5.91 Å². The van der Waals surface area contributed by atoms with E-state index in [1.807, 2.05) is 39.0 Å². The van der Waals surface area contributed by atoms with Gasteiger partial charge in [-0.2, -0.15) is 0 Å². The normalized spacial score (nSPS) is 12.5. The number of sulfonamides is 1. The topological polar surface area (TPSA) is 66.5 Å². The number of carbonyl (C=O) groups excluding carboxylic acids is 1. The molecule has 0 saturated heterocycles. The molecule has 0 spiro atoms. The summed E-state index contributed by atoms with van der Waals surface area (Å²) in [4.78, 5) is 12.7. The molecule has 0 aliphatic heterocycles. The van der Waals surface area contributed by atoms with Crippen molar-refractivity contribution in [3.63, 3.8) is 0 Å². The summed E-state index contributed by atoms with van der Waals surface area (Å²) in [5.41, 5.74) is 3.83. The number of halogens is 1. The van der Waals surface area contributed by atoms with E-state index in [-0.39, 0.29) is 22.5 Å². The summed E-state index contributed by atoms with van der Waals surface area (Å²) in [6, 6.07) is 10.4. The van der Waals surface area contributed by atoms with Crippen molar-refractivity contribution in [1.82, 2.24) is 5.32 Å². The lowest BCUT2D eigenvalue weighted by Gasteiger charge is -2.20. The largest absolute Gasteiger partial charge is 0.345 e. The zero-order valence-electron chi connectivity index (χ0n) is 15.5. The first-order valence-electron chi connectivity index (χ1n) is 8.12. The number of anilines is 1. The minimum Gasteiger partial charge on any atom is -0.345 e. The fourth-order valence-corrected chi connectivity index (χ4v) is 3.35. The van der Waals surface area contributed by atoms with Gasteiger partial charge in [-0.3, -0.25) is 9.10 Å². The van der Waals surface area contributed by atoms with Gasteiger partial charge in [-0.1, -0.05) is 35.4 Å². The van der Waals surface area contributed by atoms with Crippen molar-refractivity contribution in [2.45, 2.75) is 26.8 Å². The van der Waals surface area contributed by atoms with Crippen LogP contribution in [0.1, 0.15) is 40.0 Å². The molecule has 1 amide bonds. The lowest BCUT2D eigenvalue weighted by Crippen LogP contribution is -2.28. The van der Waals surface area contributed by atoms with Crippen molar-refractivity contribution in [2.75, 3.05) is 17.6 Å². The van der Waals surface area contributed by atoms with Crippen LogP contribution in [0.5, 0.6) is 0 Å². The highest BCUT2D eigenvalue weighted by molar-refractivity contribution is 7.92. The molecular formula is C19H23ClN2O3S. The molecule has 2 rings (SSSR count). The van der Waals surface area contributed by atoms with Crippen LogP contribution in [0.25, 0.3) is 0 Å². The number of hydrogen-bond donors (Lipinski definition) is 1. The number of benzene rings is 2. The zero-order chi connectivity index (χ0) is 19.6. The van der Waals surface area contributed by atoms with Gasteiger partial charge in [0.05, 0.1) is 28.6 Å². The second kappa shape index (κ2) is 7.68. The third-order valence-electron chi connectivity index (χ3n) is 4.30. The number of aryl methyl sites for hydroxylation is 2. The summed E-state index contributed by atoms with van der Waals surface area (Å²) in [5.74, 6) is -0.354. The average Bonchev–Trinajstić information content (AvgIpc) is 2.55. The predicted molar refractivity (Wildman–Crippen MR) is 106 cm³/mol. The van der Waals surface area contributed by atoms with E-state index in [2.05, 4.69) is 5.32 Å². The zero-order valence-corrected chi connectivity index (χ0v) is 17.1. The van der Waals surface area contributed by atoms with Gasteiger partial charge >= 0.3 is 0 Å². The summed E-state index contributed by atoms with van der Waals surface area (Å²) in [6.45, 7) is 5.89. The molecule has 0 bridgehead atoms. The van der Waals surface area contributed by atoms with Crippen LogP contribution >= 0.6 is 11.6 Å². The number of hydrogen-bond acceptors (Lipinski definition) is 3. The second-order valence-electron chi connectivity index (χ2n) is 6.45. The summed E-state index contributed by atoms with van der Waals surface area (Å²) >= 11 is 6.17. The van der Waals surface area contributed by atoms with Crippen molar-refractivity contribution >= 4 is 33.2 Å². The van der Waals surface area contributed by atoms with E-state index in [1.54, 1.807) is 6.07 Å². The molecule has 1 atom stereocenters. The Morgan fingerprint density at radius 2 is 1.81 bits per heavy atom. The standard InChI is InChI=1S/C19H23ClN2O3S/c1-12-6-7-13(2)16(10-12)14(3)21-19(23)17-11-15(8-9-18(17)20)22(4)26(5,24)25/h6-11,14H,1-5H3,(H,21,23)/t14-/m1/s1. The van der Waals surface area contributed by atoms with Gasteiger partial charge in [0, 0.05) is 7.05 Å². The van der Waals surface area contributed by atoms with Crippen molar-refractivity contribution < 1.29 is 13.2 Å². The molecule has 0 unspecified atom stereocenters. The molecule has 5 nitrogen and oxygen atoms in total. The smallest absolute Gasteiger partial charge is 0.253 e. The van der Waals surface area contributed by atoms with Crippen LogP contribution in [-0.4, -0.2) is 27.6 Å². The van der Waals surface area contributed by atoms with Crippen LogP contribution in [0.2, 0.25) is 5.02 Å². The van der Waals surface area contributed by atoms with Crippen LogP contribution in [0.3, 0.4) is 0 Å². The van der Waals surface area contributed by atoms with Gasteiger partial charge in [-0.25, -0.2) is 8.42 Å². The molecule has 2 aromatic carbocycles. The highest BCUT2D eigenvalue weighted by Crippen LogP contribution is 2.25. The SMILES string of the molecule is Cc1ccc(C)c([C@@H](C)NC(=O)c2cc(N(C)S(C)(=O)=O)ccc2Cl)c1. The Morgan fingerprint density at radius 3 is 2.42 bits per heavy atom. The molecule has 0 fully saturated rings. The Balaban J connectivity index is 2.30. The van der Waals surface area contributed by atoms with Crippen molar-refractivity contribution in [1.29, 1.82) is 0 Å². The Hall–Kier alpha value is -2.05. The highest BCUT2D eigenvalue weighted by Gasteiger charge is 2.19. The summed E-state index contributed by atoms with van der Waals surface area (Å²) < 4.78 is 24.5. The number of rotatable bonds is 5. The molecule has 0 heterocycles. The molecule has 0 aliphatic carbocycles. The van der Waals surface area contributed by atoms with E-state index in [4.69, 9.17) is 11.6 Å². The van der Waals surface area contributed by atoms with Gasteiger partial charge in [0.1, 0.15) is 0 Å². The first-order chi connectivity index (χ1) is 12.0. The third-order valence-corrected chi connectivity index (χ3v) is 5.84. The van der Waals surface area contributed by atoms with Gasteiger partial charge in [-0.15, -0.1) is 0 Å². The quantitative estimate of drug-likeness (QED) is 0.837. The van der Waals surface area contributed by atoms with Crippen molar-refractivity contribution in [3.05, 3.63) is 63.7 Å². The van der Waals surface area contributed by atoms with E-state index in [1.165, 1.54) is 19.2 Å². The third kappa shape index (κ3) is 4.56. The van der Waals surface area contributed by atoms with Crippen molar-refractivity contribution in [3.8, 4) is 0 Å². The minimum atomic E-state index is -3.43. The number of nitrogens with zero attached hydrogens (tertiary/aromatic N) is 1. The van der Waals surface area contributed by atoms with E-state index in [0.29, 0.717) is 5.69 Å². The highest BCUT2D eigenvalue weighted by atomic mass is 35.5. The predicted octanol–water partition coefficient (Wildman–Crippen LogP) is 3.84. The fraction of sp³-hybridized carbons (Fsp3) is 0.316. The Morgan fingerprint density at radius 1 is 1.15 bits per heavy atom. The average molecular weight is 395 g/mol. The number of carbonyl (C=O) groups is 1. The molecule has 0 radical (unpaired) electrons. The number of amides is 1. The van der Waals surface area contributed by atoms with Gasteiger partial charge in [-0.05, 0) is 50.1 Å². The van der Waals surface area contributed by atoms with E-state index < -0.39 is 10.0 Å². The summed E-state index contributed by atoms with van der Waals surface area (Å²) in [7, 11) is -2.00. The van der Waals surface area contributed by atoms with Crippen LogP contribution in [-0.2, 0) is 10.0 Å². The Bertz CT molecular complexity index is 942. The maximum absolute atomic E-state index is 12.7. The first-order valence-corrected chi connectivity index (χ1v) is 10.3. The van der Waals surface area contributed by atoms with Crippen molar-refractivity contribution in [2.24, 2.45) is 0 Å². The molecule has 0 saturated carbocycles. The molecule has 140 valence electrons. The van der Waals surface area contributed by atoms with E-state index in [0.717, 1.165) is 27.3 Å². The Kier molecular flexibility index (Phi) is 5.98. The summed E-state index contributed by atoms with van der Waals surface area (Å²) in [5, 5.41) is 3.20. The molecular weight excluding hydrogens is 372 g/mol.